The summed E-state index contributed by atoms with van der Waals surface area (Å²) in [5, 5.41) is 3.17. The van der Waals surface area contributed by atoms with Gasteiger partial charge in [0.25, 0.3) is 0 Å². The molecule has 0 aromatic heterocycles. The van der Waals surface area contributed by atoms with Gasteiger partial charge in [-0.1, -0.05) is 11.6 Å². The summed E-state index contributed by atoms with van der Waals surface area (Å²) in [4.78, 5) is 13.1. The highest BCUT2D eigenvalue weighted by molar-refractivity contribution is 7.89. The lowest BCUT2D eigenvalue weighted by Gasteiger charge is -2.31. The Bertz CT molecular complexity index is 1040. The zero-order valence-corrected chi connectivity index (χ0v) is 19.1. The van der Waals surface area contributed by atoms with Gasteiger partial charge in [-0.2, -0.15) is 4.31 Å². The number of anilines is 1. The third-order valence-electron chi connectivity index (χ3n) is 5.18. The van der Waals surface area contributed by atoms with Crippen molar-refractivity contribution in [2.45, 2.75) is 17.7 Å². The van der Waals surface area contributed by atoms with Gasteiger partial charge >= 0.3 is 0 Å². The maximum Gasteiger partial charge on any atom is 0.243 e. The first kappa shape index (κ1) is 23.2. The average molecular weight is 469 g/mol. The molecule has 168 valence electrons. The molecular formula is C21H25ClN2O6S. The Kier molecular flexibility index (Phi) is 7.30. The fraction of sp³-hybridized carbons (Fsp3) is 0.381. The first-order valence-corrected chi connectivity index (χ1v) is 11.5. The lowest BCUT2D eigenvalue weighted by molar-refractivity contribution is -0.120. The predicted octanol–water partition coefficient (Wildman–Crippen LogP) is 3.41. The zero-order chi connectivity index (χ0) is 22.6. The number of nitrogens with one attached hydrogen (secondary N) is 1. The van der Waals surface area contributed by atoms with Crippen molar-refractivity contribution < 1.29 is 27.4 Å². The Balaban J connectivity index is 1.76. The minimum atomic E-state index is -3.72. The molecule has 2 aromatic carbocycles. The van der Waals surface area contributed by atoms with E-state index >= 15 is 0 Å². The highest BCUT2D eigenvalue weighted by atomic mass is 35.5. The number of ether oxygens (including phenoxy) is 3. The van der Waals surface area contributed by atoms with Gasteiger partial charge in [-0.05, 0) is 37.1 Å². The van der Waals surface area contributed by atoms with E-state index in [-0.39, 0.29) is 17.3 Å². The number of carbonyl (C=O) groups is 1. The van der Waals surface area contributed by atoms with Crippen molar-refractivity contribution >= 4 is 33.2 Å². The molecule has 1 heterocycles. The molecule has 1 aliphatic rings. The molecule has 0 saturated carbocycles. The van der Waals surface area contributed by atoms with E-state index in [1.165, 1.54) is 37.8 Å². The Morgan fingerprint density at radius 2 is 1.74 bits per heavy atom. The van der Waals surface area contributed by atoms with Crippen LogP contribution < -0.4 is 19.5 Å². The maximum absolute atomic E-state index is 13.0. The van der Waals surface area contributed by atoms with Crippen molar-refractivity contribution in [2.24, 2.45) is 5.92 Å². The van der Waals surface area contributed by atoms with Crippen molar-refractivity contribution in [2.75, 3.05) is 39.7 Å². The Labute approximate surface area is 187 Å². The third-order valence-corrected chi connectivity index (χ3v) is 7.36. The molecular weight excluding hydrogens is 444 g/mol. The molecule has 0 radical (unpaired) electrons. The van der Waals surface area contributed by atoms with Crippen molar-refractivity contribution in [1.29, 1.82) is 0 Å². The molecule has 1 aliphatic heterocycles. The van der Waals surface area contributed by atoms with Crippen molar-refractivity contribution in [3.05, 3.63) is 41.4 Å². The van der Waals surface area contributed by atoms with Gasteiger partial charge in [0.1, 0.15) is 17.2 Å². The molecule has 0 spiro atoms. The fourth-order valence-electron chi connectivity index (χ4n) is 3.46. The summed E-state index contributed by atoms with van der Waals surface area (Å²) in [6.45, 7) is 0.448. The largest absolute Gasteiger partial charge is 0.497 e. The summed E-state index contributed by atoms with van der Waals surface area (Å²) in [6, 6.07) is 9.33. The fourth-order valence-corrected chi connectivity index (χ4v) is 5.22. The van der Waals surface area contributed by atoms with Gasteiger partial charge in [-0.25, -0.2) is 8.42 Å². The number of amides is 1. The van der Waals surface area contributed by atoms with Crippen LogP contribution >= 0.6 is 11.6 Å². The second-order valence-electron chi connectivity index (χ2n) is 7.05. The molecule has 1 unspecified atom stereocenters. The molecule has 1 N–H and O–H groups in total. The molecule has 0 bridgehead atoms. The molecule has 2 aromatic rings. The molecule has 1 atom stereocenters. The van der Waals surface area contributed by atoms with Crippen LogP contribution in [0.1, 0.15) is 12.8 Å². The van der Waals surface area contributed by atoms with Crippen LogP contribution in [0.2, 0.25) is 5.02 Å². The highest BCUT2D eigenvalue weighted by Gasteiger charge is 2.33. The van der Waals surface area contributed by atoms with E-state index < -0.39 is 15.9 Å². The van der Waals surface area contributed by atoms with Crippen molar-refractivity contribution in [1.82, 2.24) is 4.31 Å². The second-order valence-corrected chi connectivity index (χ2v) is 9.40. The number of piperidine rings is 1. The summed E-state index contributed by atoms with van der Waals surface area (Å²) >= 11 is 6.11. The van der Waals surface area contributed by atoms with E-state index in [4.69, 9.17) is 25.8 Å². The number of nitrogens with zero attached hydrogens (tertiary/aromatic N) is 1. The third kappa shape index (κ3) is 5.06. The van der Waals surface area contributed by atoms with Gasteiger partial charge < -0.3 is 19.5 Å². The molecule has 1 saturated heterocycles. The first-order chi connectivity index (χ1) is 14.8. The van der Waals surface area contributed by atoms with Crippen LogP contribution in [0.4, 0.5) is 5.69 Å². The second kappa shape index (κ2) is 9.76. The molecule has 1 fully saturated rings. The van der Waals surface area contributed by atoms with Crippen LogP contribution in [0.25, 0.3) is 0 Å². The van der Waals surface area contributed by atoms with Gasteiger partial charge in [0.05, 0.1) is 42.9 Å². The highest BCUT2D eigenvalue weighted by Crippen LogP contribution is 2.36. The Morgan fingerprint density at radius 1 is 1.06 bits per heavy atom. The molecule has 31 heavy (non-hydrogen) atoms. The van der Waals surface area contributed by atoms with Crippen LogP contribution in [0, 0.1) is 5.92 Å². The summed E-state index contributed by atoms with van der Waals surface area (Å²) in [7, 11) is 0.741. The van der Waals surface area contributed by atoms with E-state index in [0.717, 1.165) is 0 Å². The van der Waals surface area contributed by atoms with Crippen LogP contribution in [-0.2, 0) is 14.8 Å². The number of sulfonamides is 1. The smallest absolute Gasteiger partial charge is 0.243 e. The number of hydrogen-bond donors (Lipinski definition) is 1. The zero-order valence-electron chi connectivity index (χ0n) is 17.6. The van der Waals surface area contributed by atoms with Crippen LogP contribution in [0.15, 0.2) is 41.3 Å². The maximum atomic E-state index is 13.0. The Hall–Kier alpha value is -2.49. The Morgan fingerprint density at radius 3 is 2.35 bits per heavy atom. The summed E-state index contributed by atoms with van der Waals surface area (Å²) in [6.07, 6.45) is 1.15. The van der Waals surface area contributed by atoms with Gasteiger partial charge in [0.15, 0.2) is 0 Å². The van der Waals surface area contributed by atoms with Crippen LogP contribution in [0.3, 0.4) is 0 Å². The van der Waals surface area contributed by atoms with Gasteiger partial charge in [-0.15, -0.1) is 0 Å². The average Bonchev–Trinajstić information content (AvgIpc) is 2.79. The molecule has 1 amide bonds. The van der Waals surface area contributed by atoms with Crippen LogP contribution in [-0.4, -0.2) is 53.0 Å². The molecule has 0 aliphatic carbocycles. The van der Waals surface area contributed by atoms with Gasteiger partial charge in [0.2, 0.25) is 15.9 Å². The quantitative estimate of drug-likeness (QED) is 0.669. The topological polar surface area (TPSA) is 94.2 Å². The lowest BCUT2D eigenvalue weighted by Crippen LogP contribution is -2.43. The SMILES string of the molecule is COc1ccc(S(=O)(=O)N2CCCC(C(=O)Nc3cc(OC)c(Cl)cc3OC)C2)cc1. The summed E-state index contributed by atoms with van der Waals surface area (Å²) in [5.74, 6) is 0.551. The number of hydrogen-bond acceptors (Lipinski definition) is 6. The monoisotopic (exact) mass is 468 g/mol. The van der Waals surface area contributed by atoms with E-state index in [9.17, 15) is 13.2 Å². The summed E-state index contributed by atoms with van der Waals surface area (Å²) in [5.41, 5.74) is 0.406. The number of rotatable bonds is 7. The minimum Gasteiger partial charge on any atom is -0.497 e. The van der Waals surface area contributed by atoms with E-state index in [0.29, 0.717) is 47.3 Å². The minimum absolute atomic E-state index is 0.0905. The normalized spacial score (nSPS) is 17.1. The number of carbonyl (C=O) groups excluding carboxylic acids is 1. The number of benzene rings is 2. The summed E-state index contributed by atoms with van der Waals surface area (Å²) < 4.78 is 43.0. The number of methoxy groups -OCH3 is 3. The van der Waals surface area contributed by atoms with E-state index in [1.54, 1.807) is 24.3 Å². The van der Waals surface area contributed by atoms with Crippen LogP contribution in [0.5, 0.6) is 17.2 Å². The standard InChI is InChI=1S/C21H25ClN2O6S/c1-28-15-6-8-16(9-7-15)31(26,27)24-10-4-5-14(13-24)21(25)23-18-12-19(29-2)17(22)11-20(18)30-3/h6-9,11-12,14H,4-5,10,13H2,1-3H3,(H,23,25). The van der Waals surface area contributed by atoms with Gasteiger partial charge in [0, 0.05) is 25.2 Å². The molecule has 8 nitrogen and oxygen atoms in total. The number of halogens is 1. The van der Waals surface area contributed by atoms with Crippen molar-refractivity contribution in [3.63, 3.8) is 0 Å². The molecule has 3 rings (SSSR count). The van der Waals surface area contributed by atoms with E-state index in [2.05, 4.69) is 5.32 Å². The van der Waals surface area contributed by atoms with Crippen molar-refractivity contribution in [3.8, 4) is 17.2 Å². The lowest BCUT2D eigenvalue weighted by atomic mass is 9.98. The molecule has 10 heteroatoms. The predicted molar refractivity (Wildman–Crippen MR) is 118 cm³/mol. The van der Waals surface area contributed by atoms with Gasteiger partial charge in [-0.3, -0.25) is 4.79 Å². The first-order valence-electron chi connectivity index (χ1n) is 9.66. The van der Waals surface area contributed by atoms with E-state index in [1.807, 2.05) is 0 Å².